The third-order valence-electron chi connectivity index (χ3n) is 3.56. The molecule has 2 atom stereocenters. The van der Waals surface area contributed by atoms with E-state index in [9.17, 15) is 9.90 Å². The maximum atomic E-state index is 11.9. The smallest absolute Gasteiger partial charge is 0.251 e. The summed E-state index contributed by atoms with van der Waals surface area (Å²) in [6.45, 7) is 2.42. The number of benzene rings is 1. The fraction of sp³-hybridized carbons (Fsp3) is 0.500. The van der Waals surface area contributed by atoms with Crippen LogP contribution in [-0.2, 0) is 0 Å². The van der Waals surface area contributed by atoms with Crippen LogP contribution in [0.5, 0.6) is 0 Å². The lowest BCUT2D eigenvalue weighted by molar-refractivity contribution is 0.0916. The summed E-state index contributed by atoms with van der Waals surface area (Å²) in [6, 6.07) is 5.23. The highest BCUT2D eigenvalue weighted by atomic mass is 35.5. The predicted octanol–water partition coefficient (Wildman–Crippen LogP) is 2.54. The SMILES string of the molecule is Cc1cc(C(=O)NCC2CCCC2O)ccc1Cl. The Morgan fingerprint density at radius 3 is 2.89 bits per heavy atom. The Balaban J connectivity index is 1.93. The summed E-state index contributed by atoms with van der Waals surface area (Å²) in [5.41, 5.74) is 1.51. The van der Waals surface area contributed by atoms with Crippen molar-refractivity contribution in [3.05, 3.63) is 34.3 Å². The summed E-state index contributed by atoms with van der Waals surface area (Å²) in [5, 5.41) is 13.2. The quantitative estimate of drug-likeness (QED) is 0.884. The molecule has 0 saturated heterocycles. The molecule has 1 saturated carbocycles. The standard InChI is InChI=1S/C14H18ClNO2/c1-9-7-10(5-6-12(9)15)14(18)16-8-11-3-2-4-13(11)17/h5-7,11,13,17H,2-4,8H2,1H3,(H,16,18). The summed E-state index contributed by atoms with van der Waals surface area (Å²) >= 11 is 5.92. The van der Waals surface area contributed by atoms with Crippen molar-refractivity contribution in [2.24, 2.45) is 5.92 Å². The molecule has 1 aliphatic rings. The number of nitrogens with one attached hydrogen (secondary N) is 1. The van der Waals surface area contributed by atoms with E-state index in [1.807, 2.05) is 6.92 Å². The molecule has 2 N–H and O–H groups in total. The Kier molecular flexibility index (Phi) is 4.25. The van der Waals surface area contributed by atoms with Gasteiger partial charge in [0.2, 0.25) is 0 Å². The van der Waals surface area contributed by atoms with Gasteiger partial charge in [-0.3, -0.25) is 4.79 Å². The average molecular weight is 268 g/mol. The van der Waals surface area contributed by atoms with Crippen LogP contribution in [0.25, 0.3) is 0 Å². The first kappa shape index (κ1) is 13.4. The predicted molar refractivity (Wildman–Crippen MR) is 71.9 cm³/mol. The molecule has 0 aromatic heterocycles. The minimum Gasteiger partial charge on any atom is -0.393 e. The van der Waals surface area contributed by atoms with Gasteiger partial charge in [-0.05, 0) is 43.5 Å². The lowest BCUT2D eigenvalue weighted by Gasteiger charge is -2.15. The fourth-order valence-corrected chi connectivity index (χ4v) is 2.48. The lowest BCUT2D eigenvalue weighted by atomic mass is 10.1. The first-order valence-corrected chi connectivity index (χ1v) is 6.68. The van der Waals surface area contributed by atoms with Gasteiger partial charge in [-0.1, -0.05) is 18.0 Å². The van der Waals surface area contributed by atoms with Crippen LogP contribution < -0.4 is 5.32 Å². The molecule has 18 heavy (non-hydrogen) atoms. The van der Waals surface area contributed by atoms with Gasteiger partial charge in [0.1, 0.15) is 0 Å². The molecule has 0 spiro atoms. The number of hydrogen-bond donors (Lipinski definition) is 2. The maximum Gasteiger partial charge on any atom is 0.251 e. The zero-order chi connectivity index (χ0) is 13.1. The molecular formula is C14H18ClNO2. The van der Waals surface area contributed by atoms with E-state index in [1.165, 1.54) is 0 Å². The Labute approximate surface area is 112 Å². The molecule has 2 rings (SSSR count). The number of aliphatic hydroxyl groups is 1. The second kappa shape index (κ2) is 5.72. The largest absolute Gasteiger partial charge is 0.393 e. The van der Waals surface area contributed by atoms with Gasteiger partial charge in [-0.2, -0.15) is 0 Å². The van der Waals surface area contributed by atoms with Gasteiger partial charge >= 0.3 is 0 Å². The van der Waals surface area contributed by atoms with Crippen molar-refractivity contribution >= 4 is 17.5 Å². The van der Waals surface area contributed by atoms with E-state index in [-0.39, 0.29) is 17.9 Å². The van der Waals surface area contributed by atoms with E-state index in [2.05, 4.69) is 5.32 Å². The number of halogens is 1. The van der Waals surface area contributed by atoms with Crippen LogP contribution in [0, 0.1) is 12.8 Å². The first-order valence-electron chi connectivity index (χ1n) is 6.30. The van der Waals surface area contributed by atoms with Gasteiger partial charge in [0.05, 0.1) is 6.10 Å². The molecule has 0 heterocycles. The van der Waals surface area contributed by atoms with Crippen molar-refractivity contribution in [1.29, 1.82) is 0 Å². The number of aryl methyl sites for hydroxylation is 1. The van der Waals surface area contributed by atoms with Crippen molar-refractivity contribution in [1.82, 2.24) is 5.32 Å². The van der Waals surface area contributed by atoms with Gasteiger partial charge in [-0.15, -0.1) is 0 Å². The number of amides is 1. The second-order valence-electron chi connectivity index (χ2n) is 4.93. The van der Waals surface area contributed by atoms with Crippen LogP contribution in [-0.4, -0.2) is 23.7 Å². The molecule has 0 bridgehead atoms. The molecule has 98 valence electrons. The Hall–Kier alpha value is -1.06. The number of rotatable bonds is 3. The van der Waals surface area contributed by atoms with Crippen molar-refractivity contribution in [3.63, 3.8) is 0 Å². The Bertz CT molecular complexity index is 447. The Morgan fingerprint density at radius 2 is 2.28 bits per heavy atom. The van der Waals surface area contributed by atoms with Crippen molar-refractivity contribution < 1.29 is 9.90 Å². The van der Waals surface area contributed by atoms with Gasteiger partial charge < -0.3 is 10.4 Å². The molecule has 4 heteroatoms. The highest BCUT2D eigenvalue weighted by Crippen LogP contribution is 2.24. The number of carbonyl (C=O) groups is 1. The van der Waals surface area contributed by atoms with E-state index in [1.54, 1.807) is 18.2 Å². The van der Waals surface area contributed by atoms with E-state index >= 15 is 0 Å². The third-order valence-corrected chi connectivity index (χ3v) is 3.99. The summed E-state index contributed by atoms with van der Waals surface area (Å²) in [4.78, 5) is 11.9. The molecule has 1 aromatic rings. The average Bonchev–Trinajstić information content (AvgIpc) is 2.75. The molecule has 1 amide bonds. The van der Waals surface area contributed by atoms with Crippen LogP contribution in [0.3, 0.4) is 0 Å². The zero-order valence-corrected chi connectivity index (χ0v) is 11.2. The van der Waals surface area contributed by atoms with Crippen molar-refractivity contribution in [2.75, 3.05) is 6.54 Å². The summed E-state index contributed by atoms with van der Waals surface area (Å²) < 4.78 is 0. The van der Waals surface area contributed by atoms with Gasteiger partial charge in [0.15, 0.2) is 0 Å². The maximum absolute atomic E-state index is 11.9. The van der Waals surface area contributed by atoms with Crippen LogP contribution in [0.4, 0.5) is 0 Å². The molecule has 1 fully saturated rings. The van der Waals surface area contributed by atoms with E-state index in [0.717, 1.165) is 24.8 Å². The molecule has 0 aliphatic heterocycles. The molecular weight excluding hydrogens is 250 g/mol. The molecule has 3 nitrogen and oxygen atoms in total. The van der Waals surface area contributed by atoms with Crippen LogP contribution in [0.1, 0.15) is 35.2 Å². The van der Waals surface area contributed by atoms with E-state index in [0.29, 0.717) is 17.1 Å². The third kappa shape index (κ3) is 3.03. The van der Waals surface area contributed by atoms with Gasteiger partial charge in [-0.25, -0.2) is 0 Å². The van der Waals surface area contributed by atoms with Crippen LogP contribution in [0.15, 0.2) is 18.2 Å². The summed E-state index contributed by atoms with van der Waals surface area (Å²) in [5.74, 6) is 0.0937. The Morgan fingerprint density at radius 1 is 1.50 bits per heavy atom. The number of hydrogen-bond acceptors (Lipinski definition) is 2. The van der Waals surface area contributed by atoms with E-state index < -0.39 is 0 Å². The van der Waals surface area contributed by atoms with Gasteiger partial charge in [0.25, 0.3) is 5.91 Å². The summed E-state index contributed by atoms with van der Waals surface area (Å²) in [6.07, 6.45) is 2.61. The monoisotopic (exact) mass is 267 g/mol. The van der Waals surface area contributed by atoms with Gasteiger partial charge in [0, 0.05) is 23.0 Å². The van der Waals surface area contributed by atoms with E-state index in [4.69, 9.17) is 11.6 Å². The normalized spacial score (nSPS) is 23.1. The van der Waals surface area contributed by atoms with Crippen LogP contribution >= 0.6 is 11.6 Å². The van der Waals surface area contributed by atoms with Crippen molar-refractivity contribution in [2.45, 2.75) is 32.3 Å². The highest BCUT2D eigenvalue weighted by molar-refractivity contribution is 6.31. The molecule has 2 unspecified atom stereocenters. The number of aliphatic hydroxyl groups excluding tert-OH is 1. The topological polar surface area (TPSA) is 49.3 Å². The summed E-state index contributed by atoms with van der Waals surface area (Å²) in [7, 11) is 0. The molecule has 1 aromatic carbocycles. The molecule has 0 radical (unpaired) electrons. The number of carbonyl (C=O) groups excluding carboxylic acids is 1. The zero-order valence-electron chi connectivity index (χ0n) is 10.4. The fourth-order valence-electron chi connectivity index (χ4n) is 2.37. The minimum absolute atomic E-state index is 0.103. The van der Waals surface area contributed by atoms with Crippen LogP contribution in [0.2, 0.25) is 5.02 Å². The first-order chi connectivity index (χ1) is 8.58. The highest BCUT2D eigenvalue weighted by Gasteiger charge is 2.25. The minimum atomic E-state index is -0.266. The molecule has 1 aliphatic carbocycles. The lowest BCUT2D eigenvalue weighted by Crippen LogP contribution is -2.32. The van der Waals surface area contributed by atoms with Crippen molar-refractivity contribution in [3.8, 4) is 0 Å². The second-order valence-corrected chi connectivity index (χ2v) is 5.34.